The molecule has 0 radical (unpaired) electrons. The number of hydrogen-bond acceptors (Lipinski definition) is 3. The molecule has 0 saturated carbocycles. The van der Waals surface area contributed by atoms with Crippen molar-refractivity contribution >= 4 is 5.91 Å². The van der Waals surface area contributed by atoms with Crippen LogP contribution < -0.4 is 15.8 Å². The number of nitrogens with one attached hydrogen (secondary N) is 1. The van der Waals surface area contributed by atoms with Gasteiger partial charge in [-0.05, 0) is 19.9 Å². The molecule has 0 fully saturated rings. The Morgan fingerprint density at radius 2 is 2.22 bits per heavy atom. The highest BCUT2D eigenvalue weighted by Crippen LogP contribution is 2.32. The molecule has 18 heavy (non-hydrogen) atoms. The first-order valence-corrected chi connectivity index (χ1v) is 6.27. The summed E-state index contributed by atoms with van der Waals surface area (Å²) in [6.07, 6.45) is 0.795. The molecule has 0 aromatic heterocycles. The van der Waals surface area contributed by atoms with Gasteiger partial charge in [0.15, 0.2) is 0 Å². The van der Waals surface area contributed by atoms with Gasteiger partial charge in [0.2, 0.25) is 5.91 Å². The van der Waals surface area contributed by atoms with Gasteiger partial charge < -0.3 is 15.8 Å². The number of ether oxygens (including phenoxy) is 1. The van der Waals surface area contributed by atoms with Crippen LogP contribution in [-0.2, 0) is 4.79 Å². The molecule has 1 atom stereocenters. The Morgan fingerprint density at radius 1 is 1.50 bits per heavy atom. The van der Waals surface area contributed by atoms with Crippen LogP contribution in [0.3, 0.4) is 0 Å². The quantitative estimate of drug-likeness (QED) is 0.854. The molecule has 0 aliphatic carbocycles. The fraction of sp³-hybridized carbons (Fsp3) is 0.500. The van der Waals surface area contributed by atoms with Gasteiger partial charge in [0.25, 0.3) is 0 Å². The molecule has 1 aromatic carbocycles. The predicted octanol–water partition coefficient (Wildman–Crippen LogP) is 1.61. The maximum absolute atomic E-state index is 12.1. The smallest absolute Gasteiger partial charge is 0.227 e. The topological polar surface area (TPSA) is 64.4 Å². The summed E-state index contributed by atoms with van der Waals surface area (Å²) >= 11 is 0. The summed E-state index contributed by atoms with van der Waals surface area (Å²) in [6, 6.07) is 7.85. The van der Waals surface area contributed by atoms with Crippen LogP contribution in [0, 0.1) is 5.41 Å². The molecule has 2 rings (SSSR count). The zero-order valence-electron chi connectivity index (χ0n) is 10.9. The minimum absolute atomic E-state index is 0.00768. The van der Waals surface area contributed by atoms with Crippen molar-refractivity contribution in [2.75, 3.05) is 13.2 Å². The zero-order chi connectivity index (χ0) is 13.2. The van der Waals surface area contributed by atoms with Crippen molar-refractivity contribution in [1.82, 2.24) is 5.32 Å². The zero-order valence-corrected chi connectivity index (χ0v) is 10.9. The predicted molar refractivity (Wildman–Crippen MR) is 70.3 cm³/mol. The highest BCUT2D eigenvalue weighted by atomic mass is 16.5. The normalized spacial score (nSPS) is 18.7. The van der Waals surface area contributed by atoms with E-state index < -0.39 is 5.41 Å². The first kappa shape index (κ1) is 12.9. The molecule has 1 aliphatic rings. The summed E-state index contributed by atoms with van der Waals surface area (Å²) < 4.78 is 5.57. The molecule has 1 aliphatic heterocycles. The standard InChI is InChI=1S/C14H20N2O2/c1-14(2,9-15)13(17)16-11-7-8-18-12-6-4-3-5-10(11)12/h3-6,11H,7-9,15H2,1-2H3,(H,16,17). The average molecular weight is 248 g/mol. The van der Waals surface area contributed by atoms with E-state index >= 15 is 0 Å². The Kier molecular flexibility index (Phi) is 3.57. The molecular formula is C14H20N2O2. The number of rotatable bonds is 3. The fourth-order valence-electron chi connectivity index (χ4n) is 1.94. The second-order valence-corrected chi connectivity index (χ2v) is 5.29. The number of carbonyl (C=O) groups excluding carboxylic acids is 1. The van der Waals surface area contributed by atoms with Gasteiger partial charge in [-0.25, -0.2) is 0 Å². The molecule has 0 saturated heterocycles. The van der Waals surface area contributed by atoms with E-state index in [0.29, 0.717) is 13.2 Å². The average Bonchev–Trinajstić information content (AvgIpc) is 2.39. The van der Waals surface area contributed by atoms with E-state index in [1.54, 1.807) is 0 Å². The van der Waals surface area contributed by atoms with Crippen molar-refractivity contribution in [2.45, 2.75) is 26.3 Å². The number of para-hydroxylation sites is 1. The van der Waals surface area contributed by atoms with Crippen molar-refractivity contribution in [3.63, 3.8) is 0 Å². The van der Waals surface area contributed by atoms with Crippen LogP contribution in [0.25, 0.3) is 0 Å². The van der Waals surface area contributed by atoms with Gasteiger partial charge in [0, 0.05) is 18.5 Å². The van der Waals surface area contributed by atoms with Crippen LogP contribution in [-0.4, -0.2) is 19.1 Å². The third-order valence-electron chi connectivity index (χ3n) is 3.39. The summed E-state index contributed by atoms with van der Waals surface area (Å²) in [6.45, 7) is 4.68. The summed E-state index contributed by atoms with van der Waals surface area (Å²) in [4.78, 5) is 12.1. The number of hydrogen-bond donors (Lipinski definition) is 2. The van der Waals surface area contributed by atoms with Crippen LogP contribution in [0.2, 0.25) is 0 Å². The van der Waals surface area contributed by atoms with Crippen LogP contribution in [0.4, 0.5) is 0 Å². The molecule has 1 amide bonds. The third kappa shape index (κ3) is 2.48. The monoisotopic (exact) mass is 248 g/mol. The Bertz CT molecular complexity index is 443. The van der Waals surface area contributed by atoms with Gasteiger partial charge in [0.05, 0.1) is 18.1 Å². The van der Waals surface area contributed by atoms with Crippen molar-refractivity contribution in [2.24, 2.45) is 11.1 Å². The van der Waals surface area contributed by atoms with Crippen LogP contribution in [0.15, 0.2) is 24.3 Å². The van der Waals surface area contributed by atoms with Crippen molar-refractivity contribution in [3.8, 4) is 5.75 Å². The lowest BCUT2D eigenvalue weighted by Crippen LogP contribution is -2.44. The van der Waals surface area contributed by atoms with E-state index in [4.69, 9.17) is 10.5 Å². The van der Waals surface area contributed by atoms with Gasteiger partial charge in [-0.3, -0.25) is 4.79 Å². The molecule has 4 heteroatoms. The van der Waals surface area contributed by atoms with E-state index in [2.05, 4.69) is 5.32 Å². The minimum Gasteiger partial charge on any atom is -0.493 e. The number of nitrogens with two attached hydrogens (primary N) is 1. The Hall–Kier alpha value is -1.55. The third-order valence-corrected chi connectivity index (χ3v) is 3.39. The molecule has 1 aromatic rings. The van der Waals surface area contributed by atoms with Gasteiger partial charge in [-0.2, -0.15) is 0 Å². The van der Waals surface area contributed by atoms with Crippen molar-refractivity contribution in [1.29, 1.82) is 0 Å². The van der Waals surface area contributed by atoms with Gasteiger partial charge in [0.1, 0.15) is 5.75 Å². The maximum Gasteiger partial charge on any atom is 0.227 e. The highest BCUT2D eigenvalue weighted by molar-refractivity contribution is 5.82. The number of amides is 1. The first-order valence-electron chi connectivity index (χ1n) is 6.27. The number of carbonyl (C=O) groups is 1. The largest absolute Gasteiger partial charge is 0.493 e. The molecule has 1 unspecified atom stereocenters. The summed E-state index contributed by atoms with van der Waals surface area (Å²) in [5.41, 5.74) is 6.13. The lowest BCUT2D eigenvalue weighted by Gasteiger charge is -2.30. The lowest BCUT2D eigenvalue weighted by atomic mass is 9.91. The van der Waals surface area contributed by atoms with Gasteiger partial charge in [-0.1, -0.05) is 18.2 Å². The molecular weight excluding hydrogens is 228 g/mol. The Morgan fingerprint density at radius 3 is 2.94 bits per heavy atom. The van der Waals surface area contributed by atoms with Crippen molar-refractivity contribution < 1.29 is 9.53 Å². The van der Waals surface area contributed by atoms with Crippen LogP contribution >= 0.6 is 0 Å². The Balaban J connectivity index is 2.15. The van der Waals surface area contributed by atoms with E-state index in [-0.39, 0.29) is 11.9 Å². The SMILES string of the molecule is CC(C)(CN)C(=O)NC1CCOc2ccccc21. The second kappa shape index (κ2) is 4.98. The summed E-state index contributed by atoms with van der Waals surface area (Å²) in [7, 11) is 0. The van der Waals surface area contributed by atoms with Crippen molar-refractivity contribution in [3.05, 3.63) is 29.8 Å². The number of fused-ring (bicyclic) bond motifs is 1. The molecule has 0 spiro atoms. The molecule has 3 N–H and O–H groups in total. The van der Waals surface area contributed by atoms with E-state index in [1.807, 2.05) is 38.1 Å². The van der Waals surface area contributed by atoms with E-state index in [9.17, 15) is 4.79 Å². The summed E-state index contributed by atoms with van der Waals surface area (Å²) in [5.74, 6) is 0.853. The molecule has 1 heterocycles. The highest BCUT2D eigenvalue weighted by Gasteiger charge is 2.30. The Labute approximate surface area is 108 Å². The van der Waals surface area contributed by atoms with Crippen LogP contribution in [0.1, 0.15) is 31.9 Å². The van der Waals surface area contributed by atoms with Crippen LogP contribution in [0.5, 0.6) is 5.75 Å². The van der Waals surface area contributed by atoms with E-state index in [0.717, 1.165) is 17.7 Å². The lowest BCUT2D eigenvalue weighted by molar-refractivity contribution is -0.129. The second-order valence-electron chi connectivity index (χ2n) is 5.29. The first-order chi connectivity index (χ1) is 8.54. The molecule has 0 bridgehead atoms. The molecule has 98 valence electrons. The van der Waals surface area contributed by atoms with E-state index in [1.165, 1.54) is 0 Å². The number of benzene rings is 1. The maximum atomic E-state index is 12.1. The fourth-order valence-corrected chi connectivity index (χ4v) is 1.94. The summed E-state index contributed by atoms with van der Waals surface area (Å²) in [5, 5.41) is 3.07. The molecule has 4 nitrogen and oxygen atoms in total. The van der Waals surface area contributed by atoms with Gasteiger partial charge >= 0.3 is 0 Å². The minimum atomic E-state index is -0.534. The van der Waals surface area contributed by atoms with Gasteiger partial charge in [-0.15, -0.1) is 0 Å².